The quantitative estimate of drug-likeness (QED) is 0.765. The number of likely N-dealkylation sites (N-methyl/N-ethyl adjacent to an activating group) is 1. The van der Waals surface area contributed by atoms with E-state index in [0.717, 1.165) is 33.3 Å². The molecule has 0 radical (unpaired) electrons. The zero-order chi connectivity index (χ0) is 15.4. The van der Waals surface area contributed by atoms with Crippen LogP contribution in [0.1, 0.15) is 44.2 Å². The third-order valence-corrected chi connectivity index (χ3v) is 4.29. The van der Waals surface area contributed by atoms with E-state index >= 15 is 0 Å². The van der Waals surface area contributed by atoms with Gasteiger partial charge in [0.1, 0.15) is 0 Å². The first-order valence-corrected chi connectivity index (χ1v) is 8.68. The summed E-state index contributed by atoms with van der Waals surface area (Å²) in [5.41, 5.74) is 2.09. The van der Waals surface area contributed by atoms with E-state index in [4.69, 9.17) is 0 Å². The van der Waals surface area contributed by atoms with Crippen molar-refractivity contribution >= 4 is 31.9 Å². The molecule has 6 heteroatoms. The third-order valence-electron chi connectivity index (χ3n) is 3.22. The molecule has 0 aliphatic carbocycles. The van der Waals surface area contributed by atoms with E-state index in [1.165, 1.54) is 0 Å². The molecule has 21 heavy (non-hydrogen) atoms. The second kappa shape index (κ2) is 7.51. The molecule has 0 saturated heterocycles. The number of hydrogen-bond donors (Lipinski definition) is 1. The topological polar surface area (TPSA) is 42.7 Å². The van der Waals surface area contributed by atoms with Crippen LogP contribution < -0.4 is 5.32 Å². The summed E-state index contributed by atoms with van der Waals surface area (Å²) >= 11 is 7.04. The first-order chi connectivity index (χ1) is 10.0. The number of pyridine rings is 1. The number of nitrogens with one attached hydrogen (secondary N) is 1. The van der Waals surface area contributed by atoms with Gasteiger partial charge in [-0.05, 0) is 64.4 Å². The Kier molecular flexibility index (Phi) is 5.96. The largest absolute Gasteiger partial charge is 0.309 e. The summed E-state index contributed by atoms with van der Waals surface area (Å²) in [6.45, 7) is 7.25. The molecule has 0 aliphatic heterocycles. The van der Waals surface area contributed by atoms with Crippen molar-refractivity contribution in [1.82, 2.24) is 20.1 Å². The summed E-state index contributed by atoms with van der Waals surface area (Å²) in [4.78, 5) is 4.54. The van der Waals surface area contributed by atoms with Gasteiger partial charge >= 0.3 is 0 Å². The maximum Gasteiger partial charge on any atom is 0.0719 e. The van der Waals surface area contributed by atoms with Crippen molar-refractivity contribution in [3.05, 3.63) is 44.9 Å². The highest BCUT2D eigenvalue weighted by atomic mass is 79.9. The fourth-order valence-electron chi connectivity index (χ4n) is 2.18. The molecule has 0 aliphatic rings. The molecule has 0 bridgehead atoms. The summed E-state index contributed by atoms with van der Waals surface area (Å²) < 4.78 is 3.96. The van der Waals surface area contributed by atoms with E-state index < -0.39 is 0 Å². The molecule has 1 unspecified atom stereocenters. The number of aromatic nitrogens is 3. The molecule has 2 aromatic rings. The summed E-state index contributed by atoms with van der Waals surface area (Å²) in [6, 6.07) is 4.64. The summed E-state index contributed by atoms with van der Waals surface area (Å²) in [7, 11) is 0. The molecular weight excluding hydrogens is 396 g/mol. The van der Waals surface area contributed by atoms with Gasteiger partial charge < -0.3 is 5.32 Å². The first-order valence-electron chi connectivity index (χ1n) is 7.09. The van der Waals surface area contributed by atoms with Crippen LogP contribution in [-0.2, 0) is 6.42 Å². The van der Waals surface area contributed by atoms with Gasteiger partial charge in [0.2, 0.25) is 0 Å². The van der Waals surface area contributed by atoms with Gasteiger partial charge in [-0.1, -0.05) is 6.92 Å². The first kappa shape index (κ1) is 16.6. The molecule has 0 fully saturated rings. The minimum atomic E-state index is 0.146. The van der Waals surface area contributed by atoms with Gasteiger partial charge in [0.05, 0.1) is 17.4 Å². The Balaban J connectivity index is 2.21. The summed E-state index contributed by atoms with van der Waals surface area (Å²) in [5, 5.41) is 8.12. The number of nitrogens with zero attached hydrogens (tertiary/aromatic N) is 3. The van der Waals surface area contributed by atoms with Crippen molar-refractivity contribution in [2.45, 2.75) is 39.3 Å². The van der Waals surface area contributed by atoms with E-state index in [-0.39, 0.29) is 6.04 Å². The molecule has 1 atom stereocenters. The van der Waals surface area contributed by atoms with Crippen LogP contribution in [0.25, 0.3) is 0 Å². The van der Waals surface area contributed by atoms with Gasteiger partial charge in [0.25, 0.3) is 0 Å². The van der Waals surface area contributed by atoms with Crippen LogP contribution in [0, 0.1) is 0 Å². The van der Waals surface area contributed by atoms with Crippen molar-refractivity contribution < 1.29 is 0 Å². The fourth-order valence-corrected chi connectivity index (χ4v) is 3.44. The summed E-state index contributed by atoms with van der Waals surface area (Å²) in [6.07, 6.45) is 4.69. The van der Waals surface area contributed by atoms with E-state index in [1.807, 2.05) is 23.1 Å². The molecule has 4 nitrogen and oxygen atoms in total. The van der Waals surface area contributed by atoms with E-state index in [2.05, 4.69) is 74.1 Å². The standard InChI is InChI=1S/C15H20Br2N4/c1-4-18-14(15-13(17)7-11(16)9-19-15)8-12-5-6-21(20-12)10(2)3/h5-7,9-10,14,18H,4,8H2,1-3H3. The predicted octanol–water partition coefficient (Wildman–Crippen LogP) is 4.28. The highest BCUT2D eigenvalue weighted by Gasteiger charge is 2.17. The molecule has 0 spiro atoms. The van der Waals surface area contributed by atoms with Crippen LogP contribution in [0.2, 0.25) is 0 Å². The van der Waals surface area contributed by atoms with Crippen LogP contribution in [0.15, 0.2) is 33.5 Å². The SMILES string of the molecule is CCNC(Cc1ccn(C(C)C)n1)c1ncc(Br)cc1Br. The average Bonchev–Trinajstić information content (AvgIpc) is 2.87. The Hall–Kier alpha value is -0.720. The maximum atomic E-state index is 4.63. The molecule has 1 N–H and O–H groups in total. The number of rotatable bonds is 6. The molecule has 0 saturated carbocycles. The zero-order valence-corrected chi connectivity index (χ0v) is 15.6. The number of hydrogen-bond acceptors (Lipinski definition) is 3. The van der Waals surface area contributed by atoms with Crippen molar-refractivity contribution in [2.75, 3.05) is 6.54 Å². The van der Waals surface area contributed by atoms with Crippen molar-refractivity contribution in [3.63, 3.8) is 0 Å². The monoisotopic (exact) mass is 414 g/mol. The second-order valence-electron chi connectivity index (χ2n) is 5.22. The Morgan fingerprint density at radius 1 is 1.33 bits per heavy atom. The molecule has 0 amide bonds. The highest BCUT2D eigenvalue weighted by molar-refractivity contribution is 9.11. The lowest BCUT2D eigenvalue weighted by atomic mass is 10.1. The molecule has 2 rings (SSSR count). The lowest BCUT2D eigenvalue weighted by Crippen LogP contribution is -2.24. The van der Waals surface area contributed by atoms with E-state index in [0.29, 0.717) is 6.04 Å². The van der Waals surface area contributed by atoms with Crippen LogP contribution in [-0.4, -0.2) is 21.3 Å². The summed E-state index contributed by atoms with van der Waals surface area (Å²) in [5.74, 6) is 0. The normalized spacial score (nSPS) is 12.9. The van der Waals surface area contributed by atoms with Gasteiger partial charge in [-0.3, -0.25) is 9.67 Å². The van der Waals surface area contributed by atoms with Crippen LogP contribution >= 0.6 is 31.9 Å². The zero-order valence-electron chi connectivity index (χ0n) is 12.5. The minimum absolute atomic E-state index is 0.146. The molecule has 114 valence electrons. The Morgan fingerprint density at radius 2 is 2.10 bits per heavy atom. The Morgan fingerprint density at radius 3 is 2.67 bits per heavy atom. The van der Waals surface area contributed by atoms with Gasteiger partial charge in [-0.15, -0.1) is 0 Å². The fraction of sp³-hybridized carbons (Fsp3) is 0.467. The average molecular weight is 416 g/mol. The highest BCUT2D eigenvalue weighted by Crippen LogP contribution is 2.26. The van der Waals surface area contributed by atoms with Crippen LogP contribution in [0.5, 0.6) is 0 Å². The Bertz CT molecular complexity index is 595. The van der Waals surface area contributed by atoms with Gasteiger partial charge in [0, 0.05) is 33.8 Å². The molecular formula is C15H20Br2N4. The molecule has 2 heterocycles. The predicted molar refractivity (Wildman–Crippen MR) is 92.4 cm³/mol. The van der Waals surface area contributed by atoms with Crippen molar-refractivity contribution in [3.8, 4) is 0 Å². The van der Waals surface area contributed by atoms with Crippen molar-refractivity contribution in [1.29, 1.82) is 0 Å². The van der Waals surface area contributed by atoms with Gasteiger partial charge in [0.15, 0.2) is 0 Å². The van der Waals surface area contributed by atoms with E-state index in [1.54, 1.807) is 0 Å². The molecule has 2 aromatic heterocycles. The van der Waals surface area contributed by atoms with Crippen LogP contribution in [0.4, 0.5) is 0 Å². The minimum Gasteiger partial charge on any atom is -0.309 e. The van der Waals surface area contributed by atoms with E-state index in [9.17, 15) is 0 Å². The van der Waals surface area contributed by atoms with Crippen LogP contribution in [0.3, 0.4) is 0 Å². The van der Waals surface area contributed by atoms with Gasteiger partial charge in [-0.25, -0.2) is 0 Å². The Labute approximate surface area is 142 Å². The van der Waals surface area contributed by atoms with Gasteiger partial charge in [-0.2, -0.15) is 5.10 Å². The second-order valence-corrected chi connectivity index (χ2v) is 6.99. The smallest absolute Gasteiger partial charge is 0.0719 e. The van der Waals surface area contributed by atoms with Crippen molar-refractivity contribution in [2.24, 2.45) is 0 Å². The third kappa shape index (κ3) is 4.37. The lowest BCUT2D eigenvalue weighted by molar-refractivity contribution is 0.500. The number of halogens is 2. The maximum absolute atomic E-state index is 4.63. The lowest BCUT2D eigenvalue weighted by Gasteiger charge is -2.18. The molecule has 0 aromatic carbocycles.